The van der Waals surface area contributed by atoms with Gasteiger partial charge in [0.25, 0.3) is 0 Å². The third kappa shape index (κ3) is 3.88. The van der Waals surface area contributed by atoms with Gasteiger partial charge in [0.2, 0.25) is 0 Å². The third-order valence-electron chi connectivity index (χ3n) is 4.04. The average Bonchev–Trinajstić information content (AvgIpc) is 3.02. The third-order valence-corrected chi connectivity index (χ3v) is 4.04. The molecule has 2 atom stereocenters. The van der Waals surface area contributed by atoms with Crippen LogP contribution >= 0.6 is 0 Å². The van der Waals surface area contributed by atoms with Gasteiger partial charge in [-0.05, 0) is 42.3 Å². The van der Waals surface area contributed by atoms with Crippen LogP contribution in [0.25, 0.3) is 0 Å². The predicted molar refractivity (Wildman–Crippen MR) is 84.6 cm³/mol. The fourth-order valence-corrected chi connectivity index (χ4v) is 2.82. The molecule has 2 aromatic rings. The Morgan fingerprint density at radius 1 is 1.23 bits per heavy atom. The first-order chi connectivity index (χ1) is 10.8. The zero-order chi connectivity index (χ0) is 15.2. The number of rotatable bonds is 6. The Morgan fingerprint density at radius 3 is 2.86 bits per heavy atom. The summed E-state index contributed by atoms with van der Waals surface area (Å²) in [4.78, 5) is 4.12. The van der Waals surface area contributed by atoms with E-state index in [2.05, 4.69) is 27.2 Å². The van der Waals surface area contributed by atoms with E-state index < -0.39 is 0 Å². The number of pyridine rings is 1. The lowest BCUT2D eigenvalue weighted by Crippen LogP contribution is -2.30. The van der Waals surface area contributed by atoms with Crippen molar-refractivity contribution in [1.29, 1.82) is 0 Å². The van der Waals surface area contributed by atoms with Crippen LogP contribution < -0.4 is 16.2 Å². The van der Waals surface area contributed by atoms with Gasteiger partial charge in [-0.3, -0.25) is 10.4 Å². The van der Waals surface area contributed by atoms with Gasteiger partial charge in [-0.15, -0.1) is 0 Å². The highest BCUT2D eigenvalue weighted by Gasteiger charge is 2.27. The summed E-state index contributed by atoms with van der Waals surface area (Å²) in [5.41, 5.74) is 8.84. The van der Waals surface area contributed by atoms with E-state index in [1.54, 1.807) is 6.20 Å². The molecule has 0 spiro atoms. The van der Waals surface area contributed by atoms with Crippen LogP contribution in [-0.4, -0.2) is 24.6 Å². The van der Waals surface area contributed by atoms with Crippen LogP contribution in [0, 0.1) is 11.7 Å². The molecule has 5 heteroatoms. The molecule has 1 aromatic heterocycles. The van der Waals surface area contributed by atoms with Crippen LogP contribution in [0.15, 0.2) is 48.8 Å². The summed E-state index contributed by atoms with van der Waals surface area (Å²) < 4.78 is 13.0. The topological polar surface area (TPSA) is 49.0 Å². The van der Waals surface area contributed by atoms with Crippen molar-refractivity contribution in [2.45, 2.75) is 12.5 Å². The predicted octanol–water partition coefficient (Wildman–Crippen LogP) is 1.82. The molecule has 1 aromatic carbocycles. The summed E-state index contributed by atoms with van der Waals surface area (Å²) in [5.74, 6) is 0.250. The number of hydrazine groups is 1. The minimum absolute atomic E-state index is 0.194. The smallest absolute Gasteiger partial charge is 0.123 e. The number of hydrogen-bond acceptors (Lipinski definition) is 4. The van der Waals surface area contributed by atoms with Crippen molar-refractivity contribution in [2.75, 3.05) is 19.6 Å². The summed E-state index contributed by atoms with van der Waals surface area (Å²) in [6.45, 7) is 2.75. The second kappa shape index (κ2) is 7.45. The molecule has 2 heterocycles. The van der Waals surface area contributed by atoms with Crippen LogP contribution in [0.2, 0.25) is 0 Å². The lowest BCUT2D eigenvalue weighted by Gasteiger charge is -2.19. The first-order valence-corrected chi connectivity index (χ1v) is 7.66. The lowest BCUT2D eigenvalue weighted by molar-refractivity contribution is 0.443. The molecule has 22 heavy (non-hydrogen) atoms. The fraction of sp³-hybridized carbons (Fsp3) is 0.353. The van der Waals surface area contributed by atoms with E-state index in [0.717, 1.165) is 31.6 Å². The summed E-state index contributed by atoms with van der Waals surface area (Å²) in [7, 11) is 0. The van der Waals surface area contributed by atoms with Gasteiger partial charge in [0.1, 0.15) is 5.82 Å². The van der Waals surface area contributed by atoms with Crippen molar-refractivity contribution >= 4 is 0 Å². The molecule has 1 saturated heterocycles. The molecular formula is C17H21FN4. The molecule has 0 aliphatic carbocycles. The van der Waals surface area contributed by atoms with E-state index in [0.29, 0.717) is 5.92 Å². The van der Waals surface area contributed by atoms with E-state index in [9.17, 15) is 4.39 Å². The van der Waals surface area contributed by atoms with Crippen LogP contribution in [0.4, 0.5) is 4.39 Å². The maximum Gasteiger partial charge on any atom is 0.123 e. The van der Waals surface area contributed by atoms with Gasteiger partial charge < -0.3 is 5.32 Å². The van der Waals surface area contributed by atoms with Crippen molar-refractivity contribution in [2.24, 2.45) is 5.92 Å². The van der Waals surface area contributed by atoms with Gasteiger partial charge in [0.05, 0.1) is 6.04 Å². The van der Waals surface area contributed by atoms with E-state index in [4.69, 9.17) is 0 Å². The standard InChI is InChI=1S/C17H21FN4/c18-16-5-3-14(4-6-16)17-15(12-21-22-17)11-20-9-7-13-2-1-8-19-10-13/h1-6,8,10,15,17,20-22H,7,9,11-12H2. The van der Waals surface area contributed by atoms with E-state index in [1.807, 2.05) is 24.4 Å². The number of nitrogens with zero attached hydrogens (tertiary/aromatic N) is 1. The Kier molecular flexibility index (Phi) is 5.11. The normalized spacial score (nSPS) is 21.1. The van der Waals surface area contributed by atoms with Crippen LogP contribution in [0.1, 0.15) is 17.2 Å². The van der Waals surface area contributed by atoms with E-state index >= 15 is 0 Å². The highest BCUT2D eigenvalue weighted by molar-refractivity contribution is 5.21. The van der Waals surface area contributed by atoms with Crippen LogP contribution in [0.5, 0.6) is 0 Å². The maximum atomic E-state index is 13.0. The van der Waals surface area contributed by atoms with Gasteiger partial charge in [0, 0.05) is 31.4 Å². The molecule has 4 nitrogen and oxygen atoms in total. The Balaban J connectivity index is 1.48. The highest BCUT2D eigenvalue weighted by atomic mass is 19.1. The van der Waals surface area contributed by atoms with Crippen molar-refractivity contribution in [3.05, 3.63) is 65.7 Å². The Bertz CT molecular complexity index is 573. The van der Waals surface area contributed by atoms with Crippen LogP contribution in [0.3, 0.4) is 0 Å². The lowest BCUT2D eigenvalue weighted by atomic mass is 9.95. The number of benzene rings is 1. The molecule has 116 valence electrons. The summed E-state index contributed by atoms with van der Waals surface area (Å²) in [6.07, 6.45) is 4.67. The van der Waals surface area contributed by atoms with Gasteiger partial charge >= 0.3 is 0 Å². The van der Waals surface area contributed by atoms with Gasteiger partial charge in [0.15, 0.2) is 0 Å². The molecule has 2 unspecified atom stereocenters. The van der Waals surface area contributed by atoms with Gasteiger partial charge in [-0.1, -0.05) is 18.2 Å². The van der Waals surface area contributed by atoms with Crippen molar-refractivity contribution < 1.29 is 4.39 Å². The van der Waals surface area contributed by atoms with Gasteiger partial charge in [-0.2, -0.15) is 0 Å². The first-order valence-electron chi connectivity index (χ1n) is 7.66. The maximum absolute atomic E-state index is 13.0. The summed E-state index contributed by atoms with van der Waals surface area (Å²) in [6, 6.07) is 11.0. The minimum Gasteiger partial charge on any atom is -0.316 e. The second-order valence-electron chi connectivity index (χ2n) is 5.63. The molecule has 0 bridgehead atoms. The van der Waals surface area contributed by atoms with Crippen molar-refractivity contribution in [3.63, 3.8) is 0 Å². The molecule has 3 N–H and O–H groups in total. The Hall–Kier alpha value is -1.82. The Labute approximate surface area is 130 Å². The molecule has 0 saturated carbocycles. The summed E-state index contributed by atoms with van der Waals surface area (Å²) in [5, 5.41) is 3.51. The molecular weight excluding hydrogens is 279 g/mol. The second-order valence-corrected chi connectivity index (χ2v) is 5.63. The molecule has 1 aliphatic rings. The molecule has 3 rings (SSSR count). The van der Waals surface area contributed by atoms with Crippen molar-refractivity contribution in [1.82, 2.24) is 21.2 Å². The largest absolute Gasteiger partial charge is 0.316 e. The Morgan fingerprint density at radius 2 is 2.09 bits per heavy atom. The molecule has 0 amide bonds. The number of halogens is 1. The molecule has 1 aliphatic heterocycles. The zero-order valence-electron chi connectivity index (χ0n) is 12.4. The number of nitrogens with one attached hydrogen (secondary N) is 3. The molecule has 0 radical (unpaired) electrons. The quantitative estimate of drug-likeness (QED) is 0.712. The van der Waals surface area contributed by atoms with Crippen molar-refractivity contribution in [3.8, 4) is 0 Å². The van der Waals surface area contributed by atoms with Crippen LogP contribution in [-0.2, 0) is 6.42 Å². The monoisotopic (exact) mass is 300 g/mol. The van der Waals surface area contributed by atoms with Gasteiger partial charge in [-0.25, -0.2) is 9.82 Å². The number of hydrogen-bond donors (Lipinski definition) is 3. The highest BCUT2D eigenvalue weighted by Crippen LogP contribution is 2.24. The number of aromatic nitrogens is 1. The SMILES string of the molecule is Fc1ccc(C2NNCC2CNCCc2cccnc2)cc1. The first kappa shape index (κ1) is 15.1. The van der Waals surface area contributed by atoms with E-state index in [-0.39, 0.29) is 11.9 Å². The van der Waals surface area contributed by atoms with E-state index in [1.165, 1.54) is 17.7 Å². The minimum atomic E-state index is -0.194. The summed E-state index contributed by atoms with van der Waals surface area (Å²) >= 11 is 0. The average molecular weight is 300 g/mol. The molecule has 1 fully saturated rings. The fourth-order valence-electron chi connectivity index (χ4n) is 2.82. The zero-order valence-corrected chi connectivity index (χ0v) is 12.4.